The predicted molar refractivity (Wildman–Crippen MR) is 90.8 cm³/mol. The Morgan fingerprint density at radius 1 is 1.36 bits per heavy atom. The van der Waals surface area contributed by atoms with Gasteiger partial charge in [-0.1, -0.05) is 18.2 Å². The first kappa shape index (κ1) is 15.2. The third-order valence-corrected chi connectivity index (χ3v) is 5.21. The second-order valence-corrected chi connectivity index (χ2v) is 7.51. The SMILES string of the molecule is O=C(NCc1csc(Br)c1)[C@H]1CC(=O)N(c2ccccc2)C1. The number of nitrogens with zero attached hydrogens (tertiary/aromatic N) is 1. The van der Waals surface area contributed by atoms with Gasteiger partial charge in [0.2, 0.25) is 11.8 Å². The Morgan fingerprint density at radius 3 is 2.82 bits per heavy atom. The number of halogens is 1. The van der Waals surface area contributed by atoms with Crippen LogP contribution in [0.3, 0.4) is 0 Å². The largest absolute Gasteiger partial charge is 0.352 e. The van der Waals surface area contributed by atoms with Crippen molar-refractivity contribution in [3.63, 3.8) is 0 Å². The minimum Gasteiger partial charge on any atom is -0.352 e. The number of anilines is 1. The van der Waals surface area contributed by atoms with Crippen LogP contribution in [-0.4, -0.2) is 18.4 Å². The number of nitrogens with one attached hydrogen (secondary N) is 1. The van der Waals surface area contributed by atoms with E-state index in [0.717, 1.165) is 15.0 Å². The molecule has 1 aromatic heterocycles. The number of rotatable bonds is 4. The maximum atomic E-state index is 12.2. The van der Waals surface area contributed by atoms with Gasteiger partial charge in [-0.3, -0.25) is 9.59 Å². The lowest BCUT2D eigenvalue weighted by atomic mass is 10.1. The van der Waals surface area contributed by atoms with Crippen LogP contribution < -0.4 is 10.2 Å². The first-order valence-corrected chi connectivity index (χ1v) is 8.67. The molecule has 0 spiro atoms. The molecule has 1 aliphatic heterocycles. The van der Waals surface area contributed by atoms with Crippen molar-refractivity contribution in [3.05, 3.63) is 51.1 Å². The van der Waals surface area contributed by atoms with Crippen LogP contribution in [0.2, 0.25) is 0 Å². The van der Waals surface area contributed by atoms with Crippen LogP contribution in [0.4, 0.5) is 5.69 Å². The fraction of sp³-hybridized carbons (Fsp3) is 0.250. The van der Waals surface area contributed by atoms with Crippen molar-refractivity contribution in [1.82, 2.24) is 5.32 Å². The van der Waals surface area contributed by atoms with E-state index < -0.39 is 0 Å². The molecule has 1 aromatic carbocycles. The third kappa shape index (κ3) is 3.39. The summed E-state index contributed by atoms with van der Waals surface area (Å²) in [5, 5.41) is 4.92. The summed E-state index contributed by atoms with van der Waals surface area (Å²) in [7, 11) is 0. The zero-order valence-corrected chi connectivity index (χ0v) is 14.2. The van der Waals surface area contributed by atoms with E-state index in [0.29, 0.717) is 13.1 Å². The molecule has 114 valence electrons. The molecule has 0 aliphatic carbocycles. The van der Waals surface area contributed by atoms with Crippen LogP contribution >= 0.6 is 27.3 Å². The highest BCUT2D eigenvalue weighted by atomic mass is 79.9. The van der Waals surface area contributed by atoms with Crippen LogP contribution in [0, 0.1) is 5.92 Å². The van der Waals surface area contributed by atoms with Crippen LogP contribution in [0.15, 0.2) is 45.6 Å². The van der Waals surface area contributed by atoms with E-state index in [1.807, 2.05) is 41.8 Å². The van der Waals surface area contributed by atoms with E-state index in [1.165, 1.54) is 0 Å². The topological polar surface area (TPSA) is 49.4 Å². The van der Waals surface area contributed by atoms with Gasteiger partial charge in [0, 0.05) is 25.2 Å². The van der Waals surface area contributed by atoms with Crippen molar-refractivity contribution in [2.24, 2.45) is 5.92 Å². The summed E-state index contributed by atoms with van der Waals surface area (Å²) in [4.78, 5) is 26.0. The van der Waals surface area contributed by atoms with Gasteiger partial charge in [0.25, 0.3) is 0 Å². The lowest BCUT2D eigenvalue weighted by Gasteiger charge is -2.16. The molecule has 22 heavy (non-hydrogen) atoms. The monoisotopic (exact) mass is 378 g/mol. The van der Waals surface area contributed by atoms with Crippen molar-refractivity contribution in [3.8, 4) is 0 Å². The van der Waals surface area contributed by atoms with Gasteiger partial charge in [-0.05, 0) is 45.1 Å². The molecule has 0 saturated carbocycles. The Balaban J connectivity index is 1.59. The number of hydrogen-bond donors (Lipinski definition) is 1. The molecule has 2 amide bonds. The summed E-state index contributed by atoms with van der Waals surface area (Å²) < 4.78 is 1.04. The number of carbonyl (C=O) groups excluding carboxylic acids is 2. The normalized spacial score (nSPS) is 17.8. The molecule has 1 atom stereocenters. The van der Waals surface area contributed by atoms with Gasteiger partial charge in [-0.15, -0.1) is 11.3 Å². The molecule has 2 aromatic rings. The summed E-state index contributed by atoms with van der Waals surface area (Å²) >= 11 is 4.99. The van der Waals surface area contributed by atoms with Gasteiger partial charge >= 0.3 is 0 Å². The second-order valence-electron chi connectivity index (χ2n) is 5.22. The number of benzene rings is 1. The highest BCUT2D eigenvalue weighted by molar-refractivity contribution is 9.11. The van der Waals surface area contributed by atoms with Gasteiger partial charge in [0.05, 0.1) is 9.70 Å². The van der Waals surface area contributed by atoms with Crippen molar-refractivity contribution >= 4 is 44.8 Å². The Hall–Kier alpha value is -1.66. The number of amides is 2. The molecular formula is C16H15BrN2O2S. The first-order valence-electron chi connectivity index (χ1n) is 6.99. The maximum absolute atomic E-state index is 12.2. The summed E-state index contributed by atoms with van der Waals surface area (Å²) in [6, 6.07) is 11.5. The molecule has 1 saturated heterocycles. The van der Waals surface area contributed by atoms with Gasteiger partial charge in [-0.2, -0.15) is 0 Å². The van der Waals surface area contributed by atoms with Gasteiger partial charge < -0.3 is 10.2 Å². The van der Waals surface area contributed by atoms with Crippen molar-refractivity contribution < 1.29 is 9.59 Å². The van der Waals surface area contributed by atoms with Crippen LogP contribution in [0.1, 0.15) is 12.0 Å². The molecule has 0 radical (unpaired) electrons. The maximum Gasteiger partial charge on any atom is 0.227 e. The first-order chi connectivity index (χ1) is 10.6. The minimum atomic E-state index is -0.283. The highest BCUT2D eigenvalue weighted by Gasteiger charge is 2.34. The minimum absolute atomic E-state index is 0.00428. The molecule has 3 rings (SSSR count). The Labute approximate surface area is 141 Å². The smallest absolute Gasteiger partial charge is 0.227 e. The predicted octanol–water partition coefficient (Wildman–Crippen LogP) is 3.18. The molecule has 1 aliphatic rings. The van der Waals surface area contributed by atoms with Gasteiger partial charge in [0.1, 0.15) is 0 Å². The highest BCUT2D eigenvalue weighted by Crippen LogP contribution is 2.25. The second kappa shape index (κ2) is 6.62. The number of para-hydroxylation sites is 1. The van der Waals surface area contributed by atoms with E-state index in [9.17, 15) is 9.59 Å². The fourth-order valence-electron chi connectivity index (χ4n) is 2.51. The quantitative estimate of drug-likeness (QED) is 0.887. The fourth-order valence-corrected chi connectivity index (χ4v) is 3.72. The molecule has 6 heteroatoms. The summed E-state index contributed by atoms with van der Waals surface area (Å²) in [6.07, 6.45) is 0.272. The zero-order chi connectivity index (χ0) is 15.5. The Kier molecular flexibility index (Phi) is 4.59. The van der Waals surface area contributed by atoms with Gasteiger partial charge in [-0.25, -0.2) is 0 Å². The van der Waals surface area contributed by atoms with Crippen LogP contribution in [0.25, 0.3) is 0 Å². The van der Waals surface area contributed by atoms with Crippen molar-refractivity contribution in [2.75, 3.05) is 11.4 Å². The Morgan fingerprint density at radius 2 is 2.14 bits per heavy atom. The number of thiophene rings is 1. The summed E-state index contributed by atoms with van der Waals surface area (Å²) in [5.41, 5.74) is 1.92. The summed E-state index contributed by atoms with van der Waals surface area (Å²) in [6.45, 7) is 0.943. The molecule has 1 fully saturated rings. The lowest BCUT2D eigenvalue weighted by Crippen LogP contribution is -2.32. The zero-order valence-electron chi connectivity index (χ0n) is 11.8. The molecule has 4 nitrogen and oxygen atoms in total. The number of carbonyl (C=O) groups is 2. The standard InChI is InChI=1S/C16H15BrN2O2S/c17-14-6-11(10-22-14)8-18-16(21)12-7-15(20)19(9-12)13-4-2-1-3-5-13/h1-6,10,12H,7-9H2,(H,18,21)/t12-/m0/s1. The van der Waals surface area contributed by atoms with E-state index in [4.69, 9.17) is 0 Å². The molecular weight excluding hydrogens is 364 g/mol. The third-order valence-electron chi connectivity index (χ3n) is 3.65. The average molecular weight is 379 g/mol. The molecule has 0 unspecified atom stereocenters. The van der Waals surface area contributed by atoms with E-state index in [2.05, 4.69) is 21.2 Å². The Bertz CT molecular complexity index is 686. The van der Waals surface area contributed by atoms with Gasteiger partial charge in [0.15, 0.2) is 0 Å². The van der Waals surface area contributed by atoms with E-state index in [-0.39, 0.29) is 24.2 Å². The van der Waals surface area contributed by atoms with E-state index >= 15 is 0 Å². The molecule has 2 heterocycles. The average Bonchev–Trinajstić information content (AvgIpc) is 3.12. The summed E-state index contributed by atoms with van der Waals surface area (Å²) in [5.74, 6) is -0.339. The van der Waals surface area contributed by atoms with Crippen LogP contribution in [-0.2, 0) is 16.1 Å². The van der Waals surface area contributed by atoms with Crippen molar-refractivity contribution in [2.45, 2.75) is 13.0 Å². The molecule has 1 N–H and O–H groups in total. The van der Waals surface area contributed by atoms with Crippen molar-refractivity contribution in [1.29, 1.82) is 0 Å². The molecule has 0 bridgehead atoms. The van der Waals surface area contributed by atoms with Crippen LogP contribution in [0.5, 0.6) is 0 Å². The number of hydrogen-bond acceptors (Lipinski definition) is 3. The van der Waals surface area contributed by atoms with E-state index in [1.54, 1.807) is 16.2 Å². The lowest BCUT2D eigenvalue weighted by molar-refractivity contribution is -0.126.